The molecule has 5 heteroatoms. The molecule has 1 saturated carbocycles. The molecular weight excluding hydrogens is 394 g/mol. The monoisotopic (exact) mass is 423 g/mol. The average molecular weight is 424 g/mol. The number of hydrogen-bond acceptors (Lipinski definition) is 3. The molecule has 0 spiro atoms. The Morgan fingerprint density at radius 3 is 2.67 bits per heavy atom. The fourth-order valence-electron chi connectivity index (χ4n) is 4.82. The van der Waals surface area contributed by atoms with Crippen LogP contribution in [-0.2, 0) is 4.79 Å². The minimum Gasteiger partial charge on any atom is -0.350 e. The first-order chi connectivity index (χ1) is 14.7. The zero-order valence-electron chi connectivity index (χ0n) is 17.3. The Kier molecular flexibility index (Phi) is 7.19. The first kappa shape index (κ1) is 21.1. The number of piperidine rings is 1. The van der Waals surface area contributed by atoms with Crippen molar-refractivity contribution in [3.63, 3.8) is 0 Å². The molecule has 1 aromatic heterocycles. The van der Waals surface area contributed by atoms with Crippen LogP contribution in [-0.4, -0.2) is 41.5 Å². The number of halogens is 1. The highest BCUT2D eigenvalue weighted by Crippen LogP contribution is 2.31. The number of nitrogens with zero attached hydrogens (tertiary/aromatic N) is 2. The molecule has 1 saturated heterocycles. The smallest absolute Gasteiger partial charge is 0.244 e. The number of nitrogens with one attached hydrogen (secondary N) is 1. The van der Waals surface area contributed by atoms with Crippen molar-refractivity contribution in [2.45, 2.75) is 44.1 Å². The van der Waals surface area contributed by atoms with Crippen LogP contribution in [0.3, 0.4) is 0 Å². The molecule has 2 heterocycles. The van der Waals surface area contributed by atoms with Gasteiger partial charge in [0.2, 0.25) is 5.91 Å². The Hall–Kier alpha value is -2.17. The van der Waals surface area contributed by atoms with Crippen LogP contribution in [0.4, 0.5) is 0 Å². The number of hydrogen-bond donors (Lipinski definition) is 1. The van der Waals surface area contributed by atoms with Crippen LogP contribution >= 0.6 is 11.6 Å². The van der Waals surface area contributed by atoms with E-state index < -0.39 is 0 Å². The number of aromatic nitrogens is 1. The average Bonchev–Trinajstić information content (AvgIpc) is 3.21. The van der Waals surface area contributed by atoms with Crippen LogP contribution in [0.5, 0.6) is 0 Å². The third-order valence-corrected chi connectivity index (χ3v) is 6.70. The van der Waals surface area contributed by atoms with E-state index in [9.17, 15) is 4.79 Å². The van der Waals surface area contributed by atoms with E-state index in [1.54, 1.807) is 18.5 Å². The number of carbonyl (C=O) groups excluding carboxylic acids is 1. The predicted octanol–water partition coefficient (Wildman–Crippen LogP) is 4.91. The van der Waals surface area contributed by atoms with E-state index in [0.717, 1.165) is 43.1 Å². The zero-order chi connectivity index (χ0) is 20.8. The Bertz CT molecular complexity index is 844. The molecule has 2 aliphatic rings. The van der Waals surface area contributed by atoms with Crippen molar-refractivity contribution in [2.75, 3.05) is 19.6 Å². The van der Waals surface area contributed by atoms with Crippen LogP contribution in [0.15, 0.2) is 54.9 Å². The summed E-state index contributed by atoms with van der Waals surface area (Å²) in [6.45, 7) is 3.48. The highest BCUT2D eigenvalue weighted by molar-refractivity contribution is 6.30. The molecule has 1 N–H and O–H groups in total. The van der Waals surface area contributed by atoms with Crippen molar-refractivity contribution in [2.24, 2.45) is 5.92 Å². The first-order valence-corrected chi connectivity index (χ1v) is 11.4. The van der Waals surface area contributed by atoms with Gasteiger partial charge in [0.15, 0.2) is 0 Å². The van der Waals surface area contributed by atoms with Crippen LogP contribution in [0, 0.1) is 5.92 Å². The maximum atomic E-state index is 12.2. The third kappa shape index (κ3) is 5.93. The summed E-state index contributed by atoms with van der Waals surface area (Å²) in [5.41, 5.74) is 2.36. The van der Waals surface area contributed by atoms with Gasteiger partial charge in [-0.25, -0.2) is 0 Å². The Morgan fingerprint density at radius 1 is 1.13 bits per heavy atom. The molecule has 2 fully saturated rings. The lowest BCUT2D eigenvalue weighted by Gasteiger charge is -2.33. The van der Waals surface area contributed by atoms with E-state index in [4.69, 9.17) is 11.6 Å². The van der Waals surface area contributed by atoms with Crippen molar-refractivity contribution in [1.82, 2.24) is 15.2 Å². The lowest BCUT2D eigenvalue weighted by atomic mass is 9.89. The maximum absolute atomic E-state index is 12.2. The summed E-state index contributed by atoms with van der Waals surface area (Å²) in [6, 6.07) is 12.5. The predicted molar refractivity (Wildman–Crippen MR) is 122 cm³/mol. The molecule has 1 aromatic carbocycles. The van der Waals surface area contributed by atoms with Gasteiger partial charge in [0.25, 0.3) is 0 Å². The highest BCUT2D eigenvalue weighted by atomic mass is 35.5. The fourth-order valence-corrected chi connectivity index (χ4v) is 4.94. The number of amides is 1. The molecule has 1 aliphatic carbocycles. The largest absolute Gasteiger partial charge is 0.350 e. The Labute approximate surface area is 184 Å². The van der Waals surface area contributed by atoms with Gasteiger partial charge in [-0.1, -0.05) is 29.8 Å². The number of rotatable bonds is 6. The van der Waals surface area contributed by atoms with E-state index >= 15 is 0 Å². The summed E-state index contributed by atoms with van der Waals surface area (Å²) < 4.78 is 0. The van der Waals surface area contributed by atoms with Crippen molar-refractivity contribution < 1.29 is 4.79 Å². The van der Waals surface area contributed by atoms with Crippen LogP contribution in [0.1, 0.15) is 49.1 Å². The minimum absolute atomic E-state index is 0.00622. The van der Waals surface area contributed by atoms with E-state index in [0.29, 0.717) is 17.9 Å². The molecular formula is C25H30ClN3O. The number of pyridine rings is 1. The van der Waals surface area contributed by atoms with Gasteiger partial charge in [-0.15, -0.1) is 0 Å². The van der Waals surface area contributed by atoms with Gasteiger partial charge in [0.1, 0.15) is 0 Å². The van der Waals surface area contributed by atoms with Crippen LogP contribution in [0.25, 0.3) is 6.08 Å². The standard InChI is InChI=1S/C25H30ClN3O/c26-23-7-5-21(6-8-23)22-11-14-29(15-12-22)18-20-3-9-24(16-20)28-25(30)10-4-19-2-1-13-27-17-19/h1-2,4-8,10,13,17,20,22,24H,3,9,11-12,14-16,18H2,(H,28,30). The molecule has 158 valence electrons. The zero-order valence-corrected chi connectivity index (χ0v) is 18.1. The van der Waals surface area contributed by atoms with Gasteiger partial charge in [-0.05, 0) is 92.4 Å². The Balaban J connectivity index is 1.18. The van der Waals surface area contributed by atoms with Crippen molar-refractivity contribution in [3.8, 4) is 0 Å². The minimum atomic E-state index is -0.00622. The fraction of sp³-hybridized carbons (Fsp3) is 0.440. The molecule has 2 aromatic rings. The van der Waals surface area contributed by atoms with Gasteiger partial charge in [-0.3, -0.25) is 9.78 Å². The summed E-state index contributed by atoms with van der Waals surface area (Å²) in [6.07, 6.45) is 12.7. The summed E-state index contributed by atoms with van der Waals surface area (Å²) >= 11 is 6.02. The molecule has 2 atom stereocenters. The van der Waals surface area contributed by atoms with Gasteiger partial charge in [-0.2, -0.15) is 0 Å². The van der Waals surface area contributed by atoms with E-state index in [1.165, 1.54) is 24.8 Å². The first-order valence-electron chi connectivity index (χ1n) is 11.0. The van der Waals surface area contributed by atoms with Gasteiger partial charge in [0.05, 0.1) is 0 Å². The summed E-state index contributed by atoms with van der Waals surface area (Å²) in [5.74, 6) is 1.33. The lowest BCUT2D eigenvalue weighted by Crippen LogP contribution is -2.37. The normalized spacial score (nSPS) is 23.1. The molecule has 30 heavy (non-hydrogen) atoms. The second-order valence-corrected chi connectivity index (χ2v) is 9.07. The highest BCUT2D eigenvalue weighted by Gasteiger charge is 2.28. The third-order valence-electron chi connectivity index (χ3n) is 6.44. The SMILES string of the molecule is O=C(C=Cc1cccnc1)NC1CCC(CN2CCC(c3ccc(Cl)cc3)CC2)C1. The molecule has 4 nitrogen and oxygen atoms in total. The number of likely N-dealkylation sites (tertiary alicyclic amines) is 1. The summed E-state index contributed by atoms with van der Waals surface area (Å²) in [4.78, 5) is 18.9. The molecule has 1 amide bonds. The van der Waals surface area contributed by atoms with Gasteiger partial charge >= 0.3 is 0 Å². The summed E-state index contributed by atoms with van der Waals surface area (Å²) in [5, 5.41) is 3.99. The van der Waals surface area contributed by atoms with E-state index in [2.05, 4.69) is 27.3 Å². The number of carbonyl (C=O) groups is 1. The molecule has 2 unspecified atom stereocenters. The summed E-state index contributed by atoms with van der Waals surface area (Å²) in [7, 11) is 0. The second kappa shape index (κ2) is 10.2. The van der Waals surface area contributed by atoms with E-state index in [1.807, 2.05) is 30.3 Å². The second-order valence-electron chi connectivity index (χ2n) is 8.63. The van der Waals surface area contributed by atoms with Gasteiger partial charge in [0, 0.05) is 36.1 Å². The van der Waals surface area contributed by atoms with Crippen LogP contribution < -0.4 is 5.32 Å². The van der Waals surface area contributed by atoms with E-state index in [-0.39, 0.29) is 5.91 Å². The topological polar surface area (TPSA) is 45.2 Å². The quantitative estimate of drug-likeness (QED) is 0.671. The van der Waals surface area contributed by atoms with Crippen molar-refractivity contribution >= 4 is 23.6 Å². The Morgan fingerprint density at radius 2 is 1.93 bits per heavy atom. The van der Waals surface area contributed by atoms with Crippen LogP contribution in [0.2, 0.25) is 5.02 Å². The van der Waals surface area contributed by atoms with Crippen molar-refractivity contribution in [1.29, 1.82) is 0 Å². The molecule has 1 aliphatic heterocycles. The lowest BCUT2D eigenvalue weighted by molar-refractivity contribution is -0.117. The van der Waals surface area contributed by atoms with Crippen molar-refractivity contribution in [3.05, 3.63) is 71.0 Å². The molecule has 4 rings (SSSR count). The molecule has 0 radical (unpaired) electrons. The van der Waals surface area contributed by atoms with Gasteiger partial charge < -0.3 is 10.2 Å². The maximum Gasteiger partial charge on any atom is 0.244 e. The molecule has 0 bridgehead atoms. The number of benzene rings is 1.